The molecule has 6 nitrogen and oxygen atoms in total. The van der Waals surface area contributed by atoms with Gasteiger partial charge in [-0.15, -0.1) is 0 Å². The molecule has 86 valence electrons. The highest BCUT2D eigenvalue weighted by Crippen LogP contribution is 2.07. The SMILES string of the molecule is O=[N+]([O-])CCc1cccc(CC[N+](=O)[O-])c1. The second kappa shape index (κ2) is 5.79. The van der Waals surface area contributed by atoms with Crippen molar-refractivity contribution in [3.8, 4) is 0 Å². The molecule has 1 rings (SSSR count). The maximum absolute atomic E-state index is 10.2. The maximum Gasteiger partial charge on any atom is 0.207 e. The van der Waals surface area contributed by atoms with E-state index in [0.29, 0.717) is 12.8 Å². The van der Waals surface area contributed by atoms with Crippen LogP contribution in [0.5, 0.6) is 0 Å². The van der Waals surface area contributed by atoms with Crippen molar-refractivity contribution in [1.29, 1.82) is 0 Å². The Labute approximate surface area is 92.2 Å². The van der Waals surface area contributed by atoms with Gasteiger partial charge in [0.2, 0.25) is 13.1 Å². The van der Waals surface area contributed by atoms with Crippen LogP contribution in [0.1, 0.15) is 11.1 Å². The topological polar surface area (TPSA) is 86.3 Å². The highest BCUT2D eigenvalue weighted by Gasteiger charge is 2.03. The van der Waals surface area contributed by atoms with Crippen LogP contribution in [0, 0.1) is 20.2 Å². The third-order valence-corrected chi connectivity index (χ3v) is 2.16. The Morgan fingerprint density at radius 2 is 1.38 bits per heavy atom. The van der Waals surface area contributed by atoms with E-state index in [1.165, 1.54) is 0 Å². The molecule has 0 saturated heterocycles. The molecule has 0 radical (unpaired) electrons. The number of nitrogens with zero attached hydrogens (tertiary/aromatic N) is 2. The predicted octanol–water partition coefficient (Wildman–Crippen LogP) is 1.32. The minimum atomic E-state index is -0.371. The number of rotatable bonds is 6. The van der Waals surface area contributed by atoms with Crippen molar-refractivity contribution in [2.24, 2.45) is 0 Å². The van der Waals surface area contributed by atoms with Gasteiger partial charge >= 0.3 is 0 Å². The summed E-state index contributed by atoms with van der Waals surface area (Å²) in [5, 5.41) is 20.4. The molecule has 0 bridgehead atoms. The molecule has 16 heavy (non-hydrogen) atoms. The van der Waals surface area contributed by atoms with Gasteiger partial charge in [-0.25, -0.2) is 0 Å². The summed E-state index contributed by atoms with van der Waals surface area (Å²) in [5.74, 6) is 0. The van der Waals surface area contributed by atoms with Gasteiger partial charge in [-0.3, -0.25) is 20.2 Å². The highest BCUT2D eigenvalue weighted by molar-refractivity contribution is 5.23. The fraction of sp³-hybridized carbons (Fsp3) is 0.400. The van der Waals surface area contributed by atoms with Crippen molar-refractivity contribution in [2.75, 3.05) is 13.1 Å². The second-order valence-electron chi connectivity index (χ2n) is 3.43. The van der Waals surface area contributed by atoms with Gasteiger partial charge in [0.15, 0.2) is 0 Å². The summed E-state index contributed by atoms with van der Waals surface area (Å²) in [6.45, 7) is -0.225. The zero-order valence-corrected chi connectivity index (χ0v) is 8.67. The summed E-state index contributed by atoms with van der Waals surface area (Å²) in [5.41, 5.74) is 1.69. The number of nitro groups is 2. The van der Waals surface area contributed by atoms with Gasteiger partial charge in [0.05, 0.1) is 0 Å². The third-order valence-electron chi connectivity index (χ3n) is 2.16. The van der Waals surface area contributed by atoms with Gasteiger partial charge in [-0.05, 0) is 11.1 Å². The summed E-state index contributed by atoms with van der Waals surface area (Å²) in [4.78, 5) is 19.6. The van der Waals surface area contributed by atoms with E-state index in [-0.39, 0.29) is 22.9 Å². The first kappa shape index (κ1) is 12.1. The molecule has 0 spiro atoms. The molecule has 0 amide bonds. The van der Waals surface area contributed by atoms with Crippen LogP contribution in [-0.4, -0.2) is 22.9 Å². The molecular formula is C10H12N2O4. The van der Waals surface area contributed by atoms with E-state index in [9.17, 15) is 20.2 Å². The summed E-state index contributed by atoms with van der Waals surface area (Å²) in [6.07, 6.45) is 0.721. The quantitative estimate of drug-likeness (QED) is 0.538. The molecule has 0 heterocycles. The Morgan fingerprint density at radius 3 is 1.75 bits per heavy atom. The van der Waals surface area contributed by atoms with Crippen molar-refractivity contribution in [1.82, 2.24) is 0 Å². The molecule has 0 aliphatic heterocycles. The van der Waals surface area contributed by atoms with Gasteiger partial charge in [0, 0.05) is 22.7 Å². The maximum atomic E-state index is 10.2. The summed E-state index contributed by atoms with van der Waals surface area (Å²) in [6, 6.07) is 7.13. The molecule has 0 N–H and O–H groups in total. The van der Waals surface area contributed by atoms with E-state index in [1.807, 2.05) is 0 Å². The van der Waals surface area contributed by atoms with Crippen LogP contribution in [0.25, 0.3) is 0 Å². The van der Waals surface area contributed by atoms with Crippen molar-refractivity contribution >= 4 is 0 Å². The zero-order valence-electron chi connectivity index (χ0n) is 8.67. The Bertz CT molecular complexity index is 359. The average Bonchev–Trinajstić information content (AvgIpc) is 2.24. The van der Waals surface area contributed by atoms with Crippen molar-refractivity contribution in [3.05, 3.63) is 55.6 Å². The number of benzene rings is 1. The van der Waals surface area contributed by atoms with E-state index in [0.717, 1.165) is 11.1 Å². The molecule has 6 heteroatoms. The lowest BCUT2D eigenvalue weighted by molar-refractivity contribution is -0.479. The minimum Gasteiger partial charge on any atom is -0.265 e. The second-order valence-corrected chi connectivity index (χ2v) is 3.43. The largest absolute Gasteiger partial charge is 0.265 e. The average molecular weight is 224 g/mol. The van der Waals surface area contributed by atoms with E-state index >= 15 is 0 Å². The molecule has 1 aromatic rings. The summed E-state index contributed by atoms with van der Waals surface area (Å²) < 4.78 is 0. The van der Waals surface area contributed by atoms with E-state index in [4.69, 9.17) is 0 Å². The Balaban J connectivity index is 2.56. The number of hydrogen-bond donors (Lipinski definition) is 0. The van der Waals surface area contributed by atoms with Crippen LogP contribution in [0.3, 0.4) is 0 Å². The molecule has 0 unspecified atom stereocenters. The summed E-state index contributed by atoms with van der Waals surface area (Å²) >= 11 is 0. The van der Waals surface area contributed by atoms with Crippen LogP contribution in [0.2, 0.25) is 0 Å². The molecule has 1 aromatic carbocycles. The lowest BCUT2D eigenvalue weighted by Gasteiger charge is -2.01. The smallest absolute Gasteiger partial charge is 0.207 e. The lowest BCUT2D eigenvalue weighted by Crippen LogP contribution is -2.06. The van der Waals surface area contributed by atoms with Crippen molar-refractivity contribution in [3.63, 3.8) is 0 Å². The minimum absolute atomic E-state index is 0.112. The molecule has 0 aliphatic carbocycles. The van der Waals surface area contributed by atoms with Crippen LogP contribution in [0.4, 0.5) is 0 Å². The molecule has 0 aromatic heterocycles. The predicted molar refractivity (Wildman–Crippen MR) is 57.6 cm³/mol. The molecule has 0 fully saturated rings. The highest BCUT2D eigenvalue weighted by atomic mass is 16.6. The molecule has 0 saturated carbocycles. The van der Waals surface area contributed by atoms with E-state index < -0.39 is 0 Å². The Morgan fingerprint density at radius 1 is 0.938 bits per heavy atom. The zero-order chi connectivity index (χ0) is 12.0. The standard InChI is InChI=1S/C10H12N2O4/c13-11(14)6-4-9-2-1-3-10(8-9)5-7-12(15)16/h1-3,8H,4-7H2. The monoisotopic (exact) mass is 224 g/mol. The third kappa shape index (κ3) is 4.50. The van der Waals surface area contributed by atoms with Crippen LogP contribution >= 0.6 is 0 Å². The first-order chi connectivity index (χ1) is 7.58. The van der Waals surface area contributed by atoms with Crippen LogP contribution < -0.4 is 0 Å². The fourth-order valence-electron chi connectivity index (χ4n) is 1.38. The lowest BCUT2D eigenvalue weighted by atomic mass is 10.1. The fourth-order valence-corrected chi connectivity index (χ4v) is 1.38. The van der Waals surface area contributed by atoms with Crippen molar-refractivity contribution in [2.45, 2.75) is 12.8 Å². The van der Waals surface area contributed by atoms with Gasteiger partial charge < -0.3 is 0 Å². The van der Waals surface area contributed by atoms with Gasteiger partial charge in [-0.1, -0.05) is 24.3 Å². The van der Waals surface area contributed by atoms with Gasteiger partial charge in [0.1, 0.15) is 0 Å². The Hall–Kier alpha value is -1.98. The van der Waals surface area contributed by atoms with Crippen LogP contribution in [-0.2, 0) is 12.8 Å². The van der Waals surface area contributed by atoms with Crippen molar-refractivity contribution < 1.29 is 9.85 Å². The first-order valence-corrected chi connectivity index (χ1v) is 4.89. The van der Waals surface area contributed by atoms with E-state index in [1.54, 1.807) is 24.3 Å². The van der Waals surface area contributed by atoms with E-state index in [2.05, 4.69) is 0 Å². The summed E-state index contributed by atoms with van der Waals surface area (Å²) in [7, 11) is 0. The molecular weight excluding hydrogens is 212 g/mol. The molecule has 0 atom stereocenters. The van der Waals surface area contributed by atoms with Crippen LogP contribution in [0.15, 0.2) is 24.3 Å². The van der Waals surface area contributed by atoms with Gasteiger partial charge in [0.25, 0.3) is 0 Å². The first-order valence-electron chi connectivity index (χ1n) is 4.89. The number of hydrogen-bond acceptors (Lipinski definition) is 4. The molecule has 0 aliphatic rings. The van der Waals surface area contributed by atoms with Gasteiger partial charge in [-0.2, -0.15) is 0 Å². The normalized spacial score (nSPS) is 10.0. The Kier molecular flexibility index (Phi) is 4.38.